The molecule has 0 spiro atoms. The van der Waals surface area contributed by atoms with Gasteiger partial charge in [0.15, 0.2) is 0 Å². The molecule has 0 N–H and O–H groups in total. The lowest BCUT2D eigenvalue weighted by molar-refractivity contribution is 0.497. The van der Waals surface area contributed by atoms with Gasteiger partial charge >= 0.3 is 0 Å². The first-order valence-electron chi connectivity index (χ1n) is 2.62. The van der Waals surface area contributed by atoms with Crippen molar-refractivity contribution < 1.29 is 0 Å². The summed E-state index contributed by atoms with van der Waals surface area (Å²) in [7, 11) is 0. The van der Waals surface area contributed by atoms with Crippen molar-refractivity contribution in [1.82, 2.24) is 0 Å². The quantitative estimate of drug-likeness (QED) is 0.616. The van der Waals surface area contributed by atoms with Gasteiger partial charge in [-0.25, -0.2) is 0 Å². The van der Waals surface area contributed by atoms with Crippen LogP contribution >= 0.6 is 22.6 Å². The standard InChI is InChI=1S/C6H12I/c1-5(2)6(3)4-7/h4-6H,1-3H3. The molecule has 0 heterocycles. The van der Waals surface area contributed by atoms with E-state index >= 15 is 0 Å². The van der Waals surface area contributed by atoms with Gasteiger partial charge < -0.3 is 0 Å². The van der Waals surface area contributed by atoms with Crippen molar-refractivity contribution in [1.29, 1.82) is 0 Å². The first kappa shape index (κ1) is 7.73. The van der Waals surface area contributed by atoms with Gasteiger partial charge in [-0.2, -0.15) is 0 Å². The van der Waals surface area contributed by atoms with E-state index in [4.69, 9.17) is 0 Å². The van der Waals surface area contributed by atoms with Crippen LogP contribution in [0, 0.1) is 16.3 Å². The molecule has 0 nitrogen and oxygen atoms in total. The third-order valence-corrected chi connectivity index (χ3v) is 2.38. The summed E-state index contributed by atoms with van der Waals surface area (Å²) < 4.78 is 2.21. The third kappa shape index (κ3) is 3.32. The first-order chi connectivity index (χ1) is 3.18. The predicted molar refractivity (Wildman–Crippen MR) is 42.3 cm³/mol. The lowest BCUT2D eigenvalue weighted by Crippen LogP contribution is -1.99. The van der Waals surface area contributed by atoms with Gasteiger partial charge in [0.2, 0.25) is 0 Å². The molecule has 43 valence electrons. The lowest BCUT2D eigenvalue weighted by Gasteiger charge is -2.09. The van der Waals surface area contributed by atoms with Crippen LogP contribution in [-0.4, -0.2) is 0 Å². The predicted octanol–water partition coefficient (Wildman–Crippen LogP) is 2.88. The van der Waals surface area contributed by atoms with Crippen molar-refractivity contribution in [2.45, 2.75) is 20.8 Å². The van der Waals surface area contributed by atoms with E-state index in [9.17, 15) is 0 Å². The van der Waals surface area contributed by atoms with Crippen LogP contribution in [0.3, 0.4) is 0 Å². The van der Waals surface area contributed by atoms with E-state index in [0.29, 0.717) is 0 Å². The molecule has 0 aliphatic heterocycles. The molecule has 1 unspecified atom stereocenters. The number of hydrogen-bond donors (Lipinski definition) is 0. The molecule has 1 radical (unpaired) electrons. The molecule has 0 saturated heterocycles. The van der Waals surface area contributed by atoms with Gasteiger partial charge in [-0.15, -0.1) is 0 Å². The van der Waals surface area contributed by atoms with Crippen molar-refractivity contribution >= 4 is 22.6 Å². The third-order valence-electron chi connectivity index (χ3n) is 1.25. The Kier molecular flexibility index (Phi) is 4.08. The van der Waals surface area contributed by atoms with Crippen LogP contribution in [0.15, 0.2) is 0 Å². The van der Waals surface area contributed by atoms with Gasteiger partial charge in [-0.1, -0.05) is 43.4 Å². The first-order valence-corrected chi connectivity index (χ1v) is 3.86. The number of hydrogen-bond acceptors (Lipinski definition) is 0. The molecule has 0 rings (SSSR count). The highest BCUT2D eigenvalue weighted by molar-refractivity contribution is 14.1. The molecule has 0 amide bonds. The van der Waals surface area contributed by atoms with Gasteiger partial charge in [0, 0.05) is 4.43 Å². The fraction of sp³-hybridized carbons (Fsp3) is 0.833. The highest BCUT2D eigenvalue weighted by Gasteiger charge is 2.02. The van der Waals surface area contributed by atoms with E-state index in [1.807, 2.05) is 0 Å². The van der Waals surface area contributed by atoms with Crippen molar-refractivity contribution in [3.8, 4) is 0 Å². The minimum atomic E-state index is 0.764. The Morgan fingerprint density at radius 2 is 1.71 bits per heavy atom. The summed E-state index contributed by atoms with van der Waals surface area (Å²) in [6, 6.07) is 0. The molecular formula is C6H12I. The summed E-state index contributed by atoms with van der Waals surface area (Å²) >= 11 is 2.30. The van der Waals surface area contributed by atoms with Gasteiger partial charge in [0.05, 0.1) is 0 Å². The zero-order valence-electron chi connectivity index (χ0n) is 5.11. The van der Waals surface area contributed by atoms with Gasteiger partial charge in [0.1, 0.15) is 0 Å². The molecule has 0 aromatic carbocycles. The zero-order valence-corrected chi connectivity index (χ0v) is 7.27. The summed E-state index contributed by atoms with van der Waals surface area (Å²) in [6.07, 6.45) is 0. The summed E-state index contributed by atoms with van der Waals surface area (Å²) in [6.45, 7) is 6.71. The minimum Gasteiger partial charge on any atom is -0.0812 e. The normalized spacial score (nSPS) is 15.0. The highest BCUT2D eigenvalue weighted by atomic mass is 127. The van der Waals surface area contributed by atoms with E-state index in [-0.39, 0.29) is 0 Å². The smallest absolute Gasteiger partial charge is 0.0258 e. The topological polar surface area (TPSA) is 0 Å². The van der Waals surface area contributed by atoms with Crippen LogP contribution in [0.5, 0.6) is 0 Å². The molecular weight excluding hydrogens is 199 g/mol. The Morgan fingerprint density at radius 1 is 1.29 bits per heavy atom. The van der Waals surface area contributed by atoms with Crippen molar-refractivity contribution in [3.05, 3.63) is 4.43 Å². The molecule has 0 aliphatic carbocycles. The van der Waals surface area contributed by atoms with E-state index in [1.165, 1.54) is 0 Å². The fourth-order valence-corrected chi connectivity index (χ4v) is 0.976. The van der Waals surface area contributed by atoms with Crippen LogP contribution in [-0.2, 0) is 0 Å². The SMILES string of the molecule is CC(C)C(C)[CH]I. The largest absolute Gasteiger partial charge is 0.0812 e. The van der Waals surface area contributed by atoms with E-state index in [2.05, 4.69) is 47.8 Å². The Balaban J connectivity index is 3.14. The summed E-state index contributed by atoms with van der Waals surface area (Å²) in [5, 5.41) is 0. The molecule has 0 bridgehead atoms. The molecule has 1 heteroatoms. The van der Waals surface area contributed by atoms with E-state index < -0.39 is 0 Å². The summed E-state index contributed by atoms with van der Waals surface area (Å²) in [5.41, 5.74) is 0. The zero-order chi connectivity index (χ0) is 5.86. The molecule has 0 saturated carbocycles. The number of halogens is 1. The summed E-state index contributed by atoms with van der Waals surface area (Å²) in [4.78, 5) is 0. The Labute approximate surface area is 59.8 Å². The maximum absolute atomic E-state index is 2.30. The van der Waals surface area contributed by atoms with Crippen LogP contribution in [0.4, 0.5) is 0 Å². The van der Waals surface area contributed by atoms with Crippen LogP contribution in [0.2, 0.25) is 0 Å². The van der Waals surface area contributed by atoms with Crippen LogP contribution in [0.1, 0.15) is 20.8 Å². The van der Waals surface area contributed by atoms with Crippen LogP contribution in [0.25, 0.3) is 0 Å². The second kappa shape index (κ2) is 3.70. The second-order valence-corrected chi connectivity index (χ2v) is 2.95. The lowest BCUT2D eigenvalue weighted by atomic mass is 10.0. The van der Waals surface area contributed by atoms with Crippen LogP contribution < -0.4 is 0 Å². The van der Waals surface area contributed by atoms with E-state index in [0.717, 1.165) is 11.8 Å². The van der Waals surface area contributed by atoms with Crippen molar-refractivity contribution in [2.75, 3.05) is 0 Å². The molecule has 7 heavy (non-hydrogen) atoms. The molecule has 0 aliphatic rings. The Morgan fingerprint density at radius 3 is 1.71 bits per heavy atom. The van der Waals surface area contributed by atoms with Crippen molar-refractivity contribution in [3.63, 3.8) is 0 Å². The molecule has 0 aromatic heterocycles. The highest BCUT2D eigenvalue weighted by Crippen LogP contribution is 2.15. The summed E-state index contributed by atoms with van der Waals surface area (Å²) in [5.74, 6) is 1.57. The van der Waals surface area contributed by atoms with Crippen molar-refractivity contribution in [2.24, 2.45) is 11.8 Å². The average molecular weight is 211 g/mol. The monoisotopic (exact) mass is 211 g/mol. The minimum absolute atomic E-state index is 0.764. The van der Waals surface area contributed by atoms with Gasteiger partial charge in [0.25, 0.3) is 0 Å². The Bertz CT molecular complexity index is 41.4. The van der Waals surface area contributed by atoms with E-state index in [1.54, 1.807) is 0 Å². The average Bonchev–Trinajstić information content (AvgIpc) is 1.65. The van der Waals surface area contributed by atoms with Gasteiger partial charge in [-0.05, 0) is 11.8 Å². The number of rotatable bonds is 2. The maximum atomic E-state index is 2.30. The molecule has 0 aromatic rings. The van der Waals surface area contributed by atoms with Gasteiger partial charge in [-0.3, -0.25) is 0 Å². The molecule has 0 fully saturated rings. The Hall–Kier alpha value is 0.730. The molecule has 1 atom stereocenters. The fourth-order valence-electron chi connectivity index (χ4n) is 0.145. The second-order valence-electron chi connectivity index (χ2n) is 2.23. The maximum Gasteiger partial charge on any atom is 0.0258 e.